The first-order valence-corrected chi connectivity index (χ1v) is 9.11. The van der Waals surface area contributed by atoms with E-state index in [1.54, 1.807) is 24.1 Å². The molecule has 0 N–H and O–H groups in total. The van der Waals surface area contributed by atoms with Crippen LogP contribution in [0.4, 0.5) is 15.8 Å². The molecule has 0 aliphatic carbocycles. The van der Waals surface area contributed by atoms with Gasteiger partial charge in [0.25, 0.3) is 5.91 Å². The van der Waals surface area contributed by atoms with Gasteiger partial charge >= 0.3 is 0 Å². The number of hydrogen-bond donors (Lipinski definition) is 0. The third-order valence-electron chi connectivity index (χ3n) is 5.05. The molecule has 1 heterocycles. The largest absolute Gasteiger partial charge is 0.367 e. The van der Waals surface area contributed by atoms with E-state index < -0.39 is 0 Å². The summed E-state index contributed by atoms with van der Waals surface area (Å²) < 4.78 is 14.7. The van der Waals surface area contributed by atoms with Crippen molar-refractivity contribution in [2.45, 2.75) is 13.8 Å². The zero-order valence-corrected chi connectivity index (χ0v) is 15.7. The molecule has 0 unspecified atom stereocenters. The number of carbonyl (C=O) groups excluding carboxylic acids is 1. The fourth-order valence-electron chi connectivity index (χ4n) is 3.35. The van der Waals surface area contributed by atoms with Crippen molar-refractivity contribution in [3.63, 3.8) is 0 Å². The Balaban J connectivity index is 1.75. The number of aryl methyl sites for hydroxylation is 1. The van der Waals surface area contributed by atoms with Crippen molar-refractivity contribution in [1.82, 2.24) is 4.90 Å². The molecule has 2 aromatic rings. The summed E-state index contributed by atoms with van der Waals surface area (Å²) in [5.74, 6) is -0.546. The van der Waals surface area contributed by atoms with Crippen LogP contribution < -0.4 is 9.80 Å². The van der Waals surface area contributed by atoms with Crippen LogP contribution in [0.15, 0.2) is 42.5 Å². The minimum absolute atomic E-state index is 0.211. The Morgan fingerprint density at radius 3 is 2.46 bits per heavy atom. The maximum absolute atomic E-state index is 14.7. The second-order valence-electron chi connectivity index (χ2n) is 6.79. The maximum Gasteiger partial charge on any atom is 0.258 e. The molecule has 2 aromatic carbocycles. The first kappa shape index (κ1) is 18.4. The van der Waals surface area contributed by atoms with Crippen molar-refractivity contribution >= 4 is 17.3 Å². The quantitative estimate of drug-likeness (QED) is 0.839. The topological polar surface area (TPSA) is 26.8 Å². The number of hydrogen-bond acceptors (Lipinski definition) is 3. The van der Waals surface area contributed by atoms with Gasteiger partial charge in [0.2, 0.25) is 0 Å². The highest BCUT2D eigenvalue weighted by atomic mass is 19.1. The molecule has 0 atom stereocenters. The van der Waals surface area contributed by atoms with Gasteiger partial charge in [-0.2, -0.15) is 0 Å². The summed E-state index contributed by atoms with van der Waals surface area (Å²) in [7, 11) is 1.72. The molecule has 1 aliphatic rings. The van der Waals surface area contributed by atoms with E-state index >= 15 is 0 Å². The Morgan fingerprint density at radius 1 is 1.12 bits per heavy atom. The molecule has 0 saturated carbocycles. The fraction of sp³-hybridized carbons (Fsp3) is 0.381. The number of anilines is 2. The molecule has 3 rings (SSSR count). The molecule has 1 aliphatic heterocycles. The number of rotatable bonds is 4. The van der Waals surface area contributed by atoms with Gasteiger partial charge in [-0.15, -0.1) is 0 Å². The molecule has 26 heavy (non-hydrogen) atoms. The second-order valence-corrected chi connectivity index (χ2v) is 6.79. The van der Waals surface area contributed by atoms with Crippen LogP contribution in [0.25, 0.3) is 0 Å². The van der Waals surface area contributed by atoms with Crippen LogP contribution in [0, 0.1) is 12.7 Å². The van der Waals surface area contributed by atoms with Crippen molar-refractivity contribution in [2.24, 2.45) is 0 Å². The van der Waals surface area contributed by atoms with Crippen LogP contribution in [-0.2, 0) is 0 Å². The average molecular weight is 355 g/mol. The molecule has 138 valence electrons. The Bertz CT molecular complexity index is 785. The minimum Gasteiger partial charge on any atom is -0.367 e. The lowest BCUT2D eigenvalue weighted by Gasteiger charge is -2.35. The normalized spacial score (nSPS) is 15.2. The second kappa shape index (κ2) is 7.87. The number of likely N-dealkylation sites (N-methyl/N-ethyl adjacent to an activating group) is 1. The van der Waals surface area contributed by atoms with Gasteiger partial charge in [-0.25, -0.2) is 4.39 Å². The fourth-order valence-corrected chi connectivity index (χ4v) is 3.35. The van der Waals surface area contributed by atoms with Gasteiger partial charge in [-0.1, -0.05) is 19.1 Å². The molecule has 0 bridgehead atoms. The lowest BCUT2D eigenvalue weighted by Crippen LogP contribution is -2.46. The van der Waals surface area contributed by atoms with E-state index in [1.807, 2.05) is 31.2 Å². The van der Waals surface area contributed by atoms with Crippen LogP contribution in [0.3, 0.4) is 0 Å². The SMILES string of the molecule is CCN1CCN(c2ccc(C(=O)N(C)c3cccc(C)c3)cc2F)CC1. The number of piperazine rings is 1. The smallest absolute Gasteiger partial charge is 0.258 e. The molecule has 0 aromatic heterocycles. The van der Waals surface area contributed by atoms with Crippen LogP contribution in [0.2, 0.25) is 0 Å². The monoisotopic (exact) mass is 355 g/mol. The highest BCUT2D eigenvalue weighted by Gasteiger charge is 2.21. The van der Waals surface area contributed by atoms with Gasteiger partial charge < -0.3 is 14.7 Å². The summed E-state index contributed by atoms with van der Waals surface area (Å²) in [4.78, 5) is 18.7. The van der Waals surface area contributed by atoms with Crippen molar-refractivity contribution < 1.29 is 9.18 Å². The Morgan fingerprint density at radius 2 is 1.85 bits per heavy atom. The van der Waals surface area contributed by atoms with Crippen LogP contribution in [-0.4, -0.2) is 50.6 Å². The highest BCUT2D eigenvalue weighted by Crippen LogP contribution is 2.24. The lowest BCUT2D eigenvalue weighted by molar-refractivity contribution is 0.0992. The van der Waals surface area contributed by atoms with E-state index in [9.17, 15) is 9.18 Å². The Hall–Kier alpha value is -2.40. The summed E-state index contributed by atoms with van der Waals surface area (Å²) in [6.45, 7) is 8.63. The number of benzene rings is 2. The van der Waals surface area contributed by atoms with E-state index in [0.717, 1.165) is 44.0 Å². The van der Waals surface area contributed by atoms with Crippen LogP contribution in [0.5, 0.6) is 0 Å². The maximum atomic E-state index is 14.7. The van der Waals surface area contributed by atoms with Gasteiger partial charge in [0.15, 0.2) is 0 Å². The third kappa shape index (κ3) is 3.88. The standard InChI is InChI=1S/C21H26FN3O/c1-4-24-10-12-25(13-11-24)20-9-8-17(15-19(20)22)21(26)23(3)18-7-5-6-16(2)14-18/h5-9,14-15H,4,10-13H2,1-3H3. The molecular weight excluding hydrogens is 329 g/mol. The number of amides is 1. The molecule has 4 nitrogen and oxygen atoms in total. The number of nitrogens with zero attached hydrogens (tertiary/aromatic N) is 3. The minimum atomic E-state index is -0.335. The zero-order valence-electron chi connectivity index (χ0n) is 15.7. The predicted molar refractivity (Wildman–Crippen MR) is 105 cm³/mol. The van der Waals surface area contributed by atoms with Gasteiger partial charge in [0, 0.05) is 44.5 Å². The molecule has 5 heteroatoms. The van der Waals surface area contributed by atoms with E-state index in [4.69, 9.17) is 0 Å². The van der Waals surface area contributed by atoms with Crippen molar-refractivity contribution in [1.29, 1.82) is 0 Å². The van der Waals surface area contributed by atoms with Gasteiger partial charge in [0.05, 0.1) is 5.69 Å². The van der Waals surface area contributed by atoms with Crippen LogP contribution >= 0.6 is 0 Å². The number of halogens is 1. The summed E-state index contributed by atoms with van der Waals surface area (Å²) in [5, 5.41) is 0. The molecule has 0 spiro atoms. The highest BCUT2D eigenvalue weighted by molar-refractivity contribution is 6.06. The first-order chi connectivity index (χ1) is 12.5. The van der Waals surface area contributed by atoms with Gasteiger partial charge in [-0.3, -0.25) is 4.79 Å². The van der Waals surface area contributed by atoms with Gasteiger partial charge in [-0.05, 0) is 49.4 Å². The summed E-state index contributed by atoms with van der Waals surface area (Å²) in [6, 6.07) is 12.5. The zero-order chi connectivity index (χ0) is 18.7. The number of carbonyl (C=O) groups is 1. The molecular formula is C21H26FN3O. The van der Waals surface area contributed by atoms with Crippen LogP contribution in [0.1, 0.15) is 22.8 Å². The summed E-state index contributed by atoms with van der Waals surface area (Å²) >= 11 is 0. The first-order valence-electron chi connectivity index (χ1n) is 9.11. The molecule has 0 radical (unpaired) electrons. The van der Waals surface area contributed by atoms with E-state index in [1.165, 1.54) is 6.07 Å². The predicted octanol–water partition coefficient (Wildman–Crippen LogP) is 3.55. The summed E-state index contributed by atoms with van der Waals surface area (Å²) in [5.41, 5.74) is 2.82. The Kier molecular flexibility index (Phi) is 5.57. The molecule has 1 fully saturated rings. The van der Waals surface area contributed by atoms with E-state index in [0.29, 0.717) is 11.3 Å². The van der Waals surface area contributed by atoms with Gasteiger partial charge in [0.1, 0.15) is 5.82 Å². The Labute approximate surface area is 154 Å². The van der Waals surface area contributed by atoms with E-state index in [2.05, 4.69) is 16.7 Å². The lowest BCUT2D eigenvalue weighted by atomic mass is 10.1. The van der Waals surface area contributed by atoms with E-state index in [-0.39, 0.29) is 11.7 Å². The third-order valence-corrected chi connectivity index (χ3v) is 5.05. The van der Waals surface area contributed by atoms with Crippen molar-refractivity contribution in [2.75, 3.05) is 49.6 Å². The average Bonchev–Trinajstić information content (AvgIpc) is 2.67. The van der Waals surface area contributed by atoms with Crippen molar-refractivity contribution in [3.05, 3.63) is 59.4 Å². The van der Waals surface area contributed by atoms with Crippen molar-refractivity contribution in [3.8, 4) is 0 Å². The molecule has 1 saturated heterocycles. The summed E-state index contributed by atoms with van der Waals surface area (Å²) in [6.07, 6.45) is 0. The molecule has 1 amide bonds.